The van der Waals surface area contributed by atoms with E-state index >= 15 is 0 Å². The van der Waals surface area contributed by atoms with Crippen molar-refractivity contribution < 1.29 is 24.5 Å². The summed E-state index contributed by atoms with van der Waals surface area (Å²) in [7, 11) is 0. The average molecular weight is 370 g/mol. The summed E-state index contributed by atoms with van der Waals surface area (Å²) in [4.78, 5) is 26.5. The summed E-state index contributed by atoms with van der Waals surface area (Å²) in [5, 5.41) is 20.3. The van der Waals surface area contributed by atoms with Gasteiger partial charge in [0.2, 0.25) is 0 Å². The minimum Gasteiger partial charge on any atom is -0.478 e. The molecule has 1 aromatic heterocycles. The van der Waals surface area contributed by atoms with Crippen molar-refractivity contribution in [3.05, 3.63) is 58.9 Å². The van der Waals surface area contributed by atoms with Gasteiger partial charge >= 0.3 is 5.97 Å². The molecule has 4 rings (SSSR count). The van der Waals surface area contributed by atoms with Crippen molar-refractivity contribution in [3.63, 3.8) is 0 Å². The number of aliphatic hydroxyl groups excluding tert-OH is 1. The van der Waals surface area contributed by atoms with Crippen molar-refractivity contribution in [2.45, 2.75) is 38.1 Å². The molecule has 1 saturated heterocycles. The number of carboxylic acids is 1. The zero-order valence-corrected chi connectivity index (χ0v) is 14.9. The van der Waals surface area contributed by atoms with E-state index in [1.807, 2.05) is 30.3 Å². The molecule has 0 aliphatic carbocycles. The topological polar surface area (TPSA) is 92.0 Å². The van der Waals surface area contributed by atoms with Gasteiger partial charge in [0.15, 0.2) is 0 Å². The lowest BCUT2D eigenvalue weighted by molar-refractivity contribution is 0.0461. The fourth-order valence-corrected chi connectivity index (χ4v) is 4.08. The standard InChI is InChI=1S/C20H22N2O5/c23-18(13-5-2-1-3-6-13)15-7-4-8-22(15)19(24)16-11-14(20(25)26)17-12-27-10-9-21(16)17/h1-3,5-6,11,15,18,23H,4,7-10,12H2,(H,25,26). The van der Waals surface area contributed by atoms with E-state index in [0.717, 1.165) is 12.0 Å². The molecule has 2 atom stereocenters. The van der Waals surface area contributed by atoms with Crippen LogP contribution in [0.3, 0.4) is 0 Å². The molecule has 0 bridgehead atoms. The van der Waals surface area contributed by atoms with Crippen LogP contribution in [0.1, 0.15) is 51.0 Å². The fraction of sp³-hybridized carbons (Fsp3) is 0.400. The number of carbonyl (C=O) groups excluding carboxylic acids is 1. The number of rotatable bonds is 4. The Hall–Kier alpha value is -2.64. The van der Waals surface area contributed by atoms with Crippen molar-refractivity contribution in [1.29, 1.82) is 0 Å². The van der Waals surface area contributed by atoms with Crippen LogP contribution in [0.5, 0.6) is 0 Å². The van der Waals surface area contributed by atoms with Gasteiger partial charge in [-0.1, -0.05) is 30.3 Å². The molecule has 1 amide bonds. The van der Waals surface area contributed by atoms with E-state index in [2.05, 4.69) is 0 Å². The van der Waals surface area contributed by atoms with E-state index in [1.165, 1.54) is 6.07 Å². The highest BCUT2D eigenvalue weighted by Crippen LogP contribution is 2.32. The smallest absolute Gasteiger partial charge is 0.337 e. The fourth-order valence-electron chi connectivity index (χ4n) is 4.08. The van der Waals surface area contributed by atoms with E-state index in [1.54, 1.807) is 9.47 Å². The van der Waals surface area contributed by atoms with E-state index in [0.29, 0.717) is 37.5 Å². The van der Waals surface area contributed by atoms with E-state index in [-0.39, 0.29) is 24.1 Å². The second-order valence-electron chi connectivity index (χ2n) is 6.96. The van der Waals surface area contributed by atoms with Crippen LogP contribution in [0.2, 0.25) is 0 Å². The van der Waals surface area contributed by atoms with Crippen molar-refractivity contribution in [3.8, 4) is 0 Å². The number of ether oxygens (including phenoxy) is 1. The third kappa shape index (κ3) is 3.13. The van der Waals surface area contributed by atoms with Crippen molar-refractivity contribution in [2.24, 2.45) is 0 Å². The van der Waals surface area contributed by atoms with Gasteiger partial charge in [-0.15, -0.1) is 0 Å². The summed E-state index contributed by atoms with van der Waals surface area (Å²) in [6.45, 7) is 1.62. The zero-order chi connectivity index (χ0) is 19.0. The Kier molecular flexibility index (Phi) is 4.72. The lowest BCUT2D eigenvalue weighted by Crippen LogP contribution is -2.40. The van der Waals surface area contributed by atoms with E-state index < -0.39 is 12.1 Å². The van der Waals surface area contributed by atoms with Crippen LogP contribution in [0.25, 0.3) is 0 Å². The first-order valence-electron chi connectivity index (χ1n) is 9.15. The molecule has 0 radical (unpaired) electrons. The number of nitrogens with zero attached hydrogens (tertiary/aromatic N) is 2. The van der Waals surface area contributed by atoms with Crippen molar-refractivity contribution in [2.75, 3.05) is 13.2 Å². The predicted molar refractivity (Wildman–Crippen MR) is 96.5 cm³/mol. The van der Waals surface area contributed by atoms with Crippen LogP contribution in [0.4, 0.5) is 0 Å². The summed E-state index contributed by atoms with van der Waals surface area (Å²) < 4.78 is 7.12. The molecule has 1 aromatic carbocycles. The largest absolute Gasteiger partial charge is 0.478 e. The Balaban J connectivity index is 1.65. The SMILES string of the molecule is O=C(O)c1cc(C(=O)N2CCCC2C(O)c2ccccc2)n2c1COCC2. The minimum atomic E-state index is -1.06. The Morgan fingerprint density at radius 2 is 1.96 bits per heavy atom. The Morgan fingerprint density at radius 1 is 1.19 bits per heavy atom. The van der Waals surface area contributed by atoms with Gasteiger partial charge < -0.3 is 24.4 Å². The summed E-state index contributed by atoms with van der Waals surface area (Å²) in [6.07, 6.45) is 0.753. The number of carboxylic acid groups (broad SMARTS) is 1. The number of aromatic carboxylic acids is 1. The van der Waals surface area contributed by atoms with Gasteiger partial charge in [0.1, 0.15) is 5.69 Å². The Labute approximate surface area is 156 Å². The highest BCUT2D eigenvalue weighted by atomic mass is 16.5. The molecule has 2 N–H and O–H groups in total. The molecule has 2 aromatic rings. The number of benzene rings is 1. The third-order valence-corrected chi connectivity index (χ3v) is 5.42. The van der Waals surface area contributed by atoms with Crippen LogP contribution in [-0.4, -0.2) is 50.8 Å². The summed E-state index contributed by atoms with van der Waals surface area (Å²) >= 11 is 0. The Morgan fingerprint density at radius 3 is 2.70 bits per heavy atom. The highest BCUT2D eigenvalue weighted by molar-refractivity contribution is 5.98. The number of aromatic nitrogens is 1. The number of likely N-dealkylation sites (tertiary alicyclic amines) is 1. The highest BCUT2D eigenvalue weighted by Gasteiger charge is 2.37. The number of carbonyl (C=O) groups is 2. The van der Waals surface area contributed by atoms with Crippen LogP contribution >= 0.6 is 0 Å². The molecular formula is C20H22N2O5. The molecule has 0 spiro atoms. The maximum absolute atomic E-state index is 13.3. The summed E-state index contributed by atoms with van der Waals surface area (Å²) in [6, 6.07) is 10.4. The number of fused-ring (bicyclic) bond motifs is 1. The van der Waals surface area contributed by atoms with Gasteiger partial charge in [-0.3, -0.25) is 4.79 Å². The molecule has 1 fully saturated rings. The first-order valence-corrected chi connectivity index (χ1v) is 9.15. The first kappa shape index (κ1) is 17.8. The number of hydrogen-bond acceptors (Lipinski definition) is 4. The molecule has 2 aliphatic heterocycles. The molecule has 2 unspecified atom stereocenters. The van der Waals surface area contributed by atoms with Crippen LogP contribution in [0, 0.1) is 0 Å². The number of hydrogen-bond donors (Lipinski definition) is 2. The molecule has 0 saturated carbocycles. The van der Waals surface area contributed by atoms with Gasteiger partial charge in [0.05, 0.1) is 36.6 Å². The molecule has 27 heavy (non-hydrogen) atoms. The molecule has 7 nitrogen and oxygen atoms in total. The van der Waals surface area contributed by atoms with Crippen molar-refractivity contribution >= 4 is 11.9 Å². The first-order chi connectivity index (χ1) is 13.1. The normalized spacial score (nSPS) is 20.3. The van der Waals surface area contributed by atoms with Gasteiger partial charge in [-0.25, -0.2) is 4.79 Å². The van der Waals surface area contributed by atoms with E-state index in [4.69, 9.17) is 4.74 Å². The summed E-state index contributed by atoms with van der Waals surface area (Å²) in [5.74, 6) is -1.30. The predicted octanol–water partition coefficient (Wildman–Crippen LogP) is 2.05. The van der Waals surface area contributed by atoms with Gasteiger partial charge in [0, 0.05) is 13.1 Å². The van der Waals surface area contributed by atoms with Crippen LogP contribution < -0.4 is 0 Å². The van der Waals surface area contributed by atoms with Gasteiger partial charge in [-0.05, 0) is 24.5 Å². The second kappa shape index (κ2) is 7.17. The lowest BCUT2D eigenvalue weighted by Gasteiger charge is -2.30. The quantitative estimate of drug-likeness (QED) is 0.859. The maximum Gasteiger partial charge on any atom is 0.337 e. The number of amides is 1. The average Bonchev–Trinajstić information content (AvgIpc) is 3.33. The van der Waals surface area contributed by atoms with Gasteiger partial charge in [0.25, 0.3) is 5.91 Å². The molecular weight excluding hydrogens is 348 g/mol. The molecule has 7 heteroatoms. The zero-order valence-electron chi connectivity index (χ0n) is 14.9. The maximum atomic E-state index is 13.3. The Bertz CT molecular complexity index is 861. The second-order valence-corrected chi connectivity index (χ2v) is 6.96. The third-order valence-electron chi connectivity index (χ3n) is 5.42. The van der Waals surface area contributed by atoms with Crippen LogP contribution in [0.15, 0.2) is 36.4 Å². The molecule has 3 heterocycles. The monoisotopic (exact) mass is 370 g/mol. The van der Waals surface area contributed by atoms with E-state index in [9.17, 15) is 19.8 Å². The minimum absolute atomic E-state index is 0.109. The van der Waals surface area contributed by atoms with Crippen LogP contribution in [-0.2, 0) is 17.9 Å². The molecule has 142 valence electrons. The number of aliphatic hydroxyl groups is 1. The summed E-state index contributed by atoms with van der Waals surface area (Å²) in [5.41, 5.74) is 1.77. The lowest BCUT2D eigenvalue weighted by atomic mass is 10.00. The molecule has 2 aliphatic rings. The van der Waals surface area contributed by atoms with Gasteiger partial charge in [-0.2, -0.15) is 0 Å². The van der Waals surface area contributed by atoms with Crippen molar-refractivity contribution in [1.82, 2.24) is 9.47 Å².